The van der Waals surface area contributed by atoms with E-state index < -0.39 is 5.82 Å². The molecule has 0 unspecified atom stereocenters. The average molecular weight is 522 g/mol. The Hall–Kier alpha value is -2.68. The van der Waals surface area contributed by atoms with E-state index in [2.05, 4.69) is 15.6 Å². The second-order valence-electron chi connectivity index (χ2n) is 7.97. The van der Waals surface area contributed by atoms with Gasteiger partial charge < -0.3 is 15.4 Å². The first kappa shape index (κ1) is 24.4. The van der Waals surface area contributed by atoms with Crippen molar-refractivity contribution in [1.29, 1.82) is 0 Å². The highest BCUT2D eigenvalue weighted by Crippen LogP contribution is 2.24. The normalized spacial score (nSPS) is 17.7. The van der Waals surface area contributed by atoms with Crippen molar-refractivity contribution in [3.63, 3.8) is 0 Å². The summed E-state index contributed by atoms with van der Waals surface area (Å²) in [5.41, 5.74) is 0.773. The Bertz CT molecular complexity index is 1180. The van der Waals surface area contributed by atoms with Crippen molar-refractivity contribution in [2.24, 2.45) is 0 Å². The predicted octanol–water partition coefficient (Wildman–Crippen LogP) is 5.64. The lowest BCUT2D eigenvalue weighted by atomic mass is 9.91. The summed E-state index contributed by atoms with van der Waals surface area (Å²) in [5, 5.41) is 9.02. The third kappa shape index (κ3) is 6.25. The van der Waals surface area contributed by atoms with E-state index in [1.165, 1.54) is 17.4 Å². The molecule has 0 aliphatic heterocycles. The molecule has 1 aromatic heterocycles. The lowest BCUT2D eigenvalue weighted by Gasteiger charge is -2.29. The molecule has 4 rings (SSSR count). The molecule has 6 nitrogen and oxygen atoms in total. The van der Waals surface area contributed by atoms with Crippen LogP contribution in [-0.2, 0) is 6.61 Å². The number of nitrogens with one attached hydrogen (secondary N) is 2. The average Bonchev–Trinajstić information content (AvgIpc) is 3.31. The van der Waals surface area contributed by atoms with E-state index >= 15 is 0 Å². The summed E-state index contributed by atoms with van der Waals surface area (Å²) in [6.07, 6.45) is 2.98. The molecule has 0 saturated heterocycles. The first-order valence-electron chi connectivity index (χ1n) is 10.8. The van der Waals surface area contributed by atoms with Gasteiger partial charge in [0.1, 0.15) is 17.3 Å². The van der Waals surface area contributed by atoms with Gasteiger partial charge in [0, 0.05) is 23.0 Å². The lowest BCUT2D eigenvalue weighted by Crippen LogP contribution is -2.43. The minimum Gasteiger partial charge on any atom is -0.483 e. The molecule has 1 aliphatic carbocycles. The van der Waals surface area contributed by atoms with Crippen LogP contribution in [0.15, 0.2) is 47.8 Å². The number of carbonyl (C=O) groups is 2. The summed E-state index contributed by atoms with van der Waals surface area (Å²) in [5.74, 6) is -0.747. The van der Waals surface area contributed by atoms with Crippen molar-refractivity contribution in [2.75, 3.05) is 0 Å². The number of rotatable bonds is 7. The molecule has 0 atom stereocenters. The number of hydrogen-bond donors (Lipinski definition) is 2. The van der Waals surface area contributed by atoms with E-state index in [-0.39, 0.29) is 36.3 Å². The van der Waals surface area contributed by atoms with Gasteiger partial charge in [-0.25, -0.2) is 9.37 Å². The monoisotopic (exact) mass is 521 g/mol. The molecule has 10 heteroatoms. The Morgan fingerprint density at radius 1 is 1.00 bits per heavy atom. The van der Waals surface area contributed by atoms with Crippen LogP contribution >= 0.6 is 34.5 Å². The second-order valence-corrected chi connectivity index (χ2v) is 9.73. The van der Waals surface area contributed by atoms with Crippen LogP contribution in [0.4, 0.5) is 4.39 Å². The minimum absolute atomic E-state index is 0.00504. The molecule has 2 amide bonds. The number of benzene rings is 2. The Kier molecular flexibility index (Phi) is 8.03. The van der Waals surface area contributed by atoms with Crippen LogP contribution in [0, 0.1) is 5.82 Å². The minimum atomic E-state index is -0.444. The van der Waals surface area contributed by atoms with E-state index in [1.54, 1.807) is 41.8 Å². The quantitative estimate of drug-likeness (QED) is 0.421. The topological polar surface area (TPSA) is 80.3 Å². The zero-order chi connectivity index (χ0) is 24.1. The fraction of sp³-hybridized carbons (Fsp3) is 0.292. The number of thiazole rings is 1. The summed E-state index contributed by atoms with van der Waals surface area (Å²) in [6, 6.07) is 11.0. The van der Waals surface area contributed by atoms with Gasteiger partial charge in [-0.2, -0.15) is 0 Å². The van der Waals surface area contributed by atoms with Gasteiger partial charge >= 0.3 is 0 Å². The van der Waals surface area contributed by atoms with Crippen LogP contribution in [0.5, 0.6) is 5.75 Å². The molecular formula is C24H22Cl2FN3O3S. The van der Waals surface area contributed by atoms with Gasteiger partial charge in [0.2, 0.25) is 0 Å². The first-order valence-corrected chi connectivity index (χ1v) is 12.4. The maximum atomic E-state index is 13.7. The van der Waals surface area contributed by atoms with Gasteiger partial charge in [-0.15, -0.1) is 11.3 Å². The Morgan fingerprint density at radius 2 is 1.68 bits per heavy atom. The van der Waals surface area contributed by atoms with Gasteiger partial charge in [0.25, 0.3) is 11.8 Å². The highest BCUT2D eigenvalue weighted by atomic mass is 35.5. The van der Waals surface area contributed by atoms with Crippen molar-refractivity contribution in [2.45, 2.75) is 44.4 Å². The van der Waals surface area contributed by atoms with Crippen molar-refractivity contribution in [3.8, 4) is 5.75 Å². The number of aromatic nitrogens is 1. The number of amides is 2. The van der Waals surface area contributed by atoms with E-state index in [9.17, 15) is 14.0 Å². The fourth-order valence-electron chi connectivity index (χ4n) is 3.73. The van der Waals surface area contributed by atoms with E-state index in [1.807, 2.05) is 0 Å². The third-order valence-corrected chi connectivity index (χ3v) is 7.11. The maximum absolute atomic E-state index is 13.7. The summed E-state index contributed by atoms with van der Waals surface area (Å²) in [4.78, 5) is 29.4. The molecule has 3 aromatic rings. The molecule has 1 aliphatic rings. The lowest BCUT2D eigenvalue weighted by molar-refractivity contribution is 0.0889. The standard InChI is InChI=1S/C24H22Cl2FN3O3S/c25-17-10-5-14(11-18(17)26)23(31)28-15-6-8-16(9-7-15)29-24(32)20-13-34-22(30-20)12-33-21-4-2-1-3-19(21)27/h1-5,10-11,13,15-16H,6-9,12H2,(H,28,31)(H,29,32). The fourth-order valence-corrected chi connectivity index (χ4v) is 4.71. The zero-order valence-electron chi connectivity index (χ0n) is 18.0. The number of nitrogens with zero attached hydrogens (tertiary/aromatic N) is 1. The number of para-hydroxylation sites is 1. The van der Waals surface area contributed by atoms with Gasteiger partial charge in [0.05, 0.1) is 10.0 Å². The number of hydrogen-bond acceptors (Lipinski definition) is 5. The van der Waals surface area contributed by atoms with Crippen molar-refractivity contribution in [3.05, 3.63) is 80.0 Å². The molecule has 0 bridgehead atoms. The van der Waals surface area contributed by atoms with Gasteiger partial charge in [-0.3, -0.25) is 9.59 Å². The molecule has 0 spiro atoms. The number of carbonyl (C=O) groups excluding carboxylic acids is 2. The highest BCUT2D eigenvalue weighted by molar-refractivity contribution is 7.09. The first-order chi connectivity index (χ1) is 16.4. The molecule has 1 fully saturated rings. The van der Waals surface area contributed by atoms with E-state index in [0.29, 0.717) is 26.3 Å². The summed E-state index contributed by atoms with van der Waals surface area (Å²) in [7, 11) is 0. The van der Waals surface area contributed by atoms with Crippen LogP contribution in [0.1, 0.15) is 51.5 Å². The summed E-state index contributed by atoms with van der Waals surface area (Å²) in [6.45, 7) is 0.0858. The second kappa shape index (κ2) is 11.2. The van der Waals surface area contributed by atoms with Crippen LogP contribution in [0.2, 0.25) is 10.0 Å². The summed E-state index contributed by atoms with van der Waals surface area (Å²) < 4.78 is 19.1. The van der Waals surface area contributed by atoms with Gasteiger partial charge in [-0.1, -0.05) is 35.3 Å². The SMILES string of the molecule is O=C(NC1CCC(NC(=O)c2csc(COc3ccccc3F)n2)CC1)c1ccc(Cl)c(Cl)c1. The number of ether oxygens (including phenoxy) is 1. The molecular weight excluding hydrogens is 500 g/mol. The Balaban J connectivity index is 1.22. The summed E-state index contributed by atoms with van der Waals surface area (Å²) >= 11 is 13.2. The zero-order valence-corrected chi connectivity index (χ0v) is 20.4. The van der Waals surface area contributed by atoms with Crippen LogP contribution < -0.4 is 15.4 Å². The van der Waals surface area contributed by atoms with Gasteiger partial charge in [0.15, 0.2) is 11.6 Å². The van der Waals surface area contributed by atoms with E-state index in [0.717, 1.165) is 25.7 Å². The molecule has 0 radical (unpaired) electrons. The smallest absolute Gasteiger partial charge is 0.270 e. The molecule has 1 saturated carbocycles. The molecule has 2 N–H and O–H groups in total. The molecule has 34 heavy (non-hydrogen) atoms. The Labute approximate surface area is 210 Å². The van der Waals surface area contributed by atoms with Crippen LogP contribution in [0.3, 0.4) is 0 Å². The van der Waals surface area contributed by atoms with Crippen molar-refractivity contribution < 1.29 is 18.7 Å². The van der Waals surface area contributed by atoms with Crippen LogP contribution in [0.25, 0.3) is 0 Å². The van der Waals surface area contributed by atoms with Crippen LogP contribution in [-0.4, -0.2) is 28.9 Å². The maximum Gasteiger partial charge on any atom is 0.270 e. The third-order valence-electron chi connectivity index (χ3n) is 5.55. The Morgan fingerprint density at radius 3 is 2.35 bits per heavy atom. The highest BCUT2D eigenvalue weighted by Gasteiger charge is 2.25. The largest absolute Gasteiger partial charge is 0.483 e. The van der Waals surface area contributed by atoms with E-state index in [4.69, 9.17) is 27.9 Å². The van der Waals surface area contributed by atoms with Crippen molar-refractivity contribution in [1.82, 2.24) is 15.6 Å². The van der Waals surface area contributed by atoms with Crippen molar-refractivity contribution >= 4 is 46.4 Å². The molecule has 2 aromatic carbocycles. The van der Waals surface area contributed by atoms with Gasteiger partial charge in [-0.05, 0) is 56.0 Å². The number of halogens is 3. The molecule has 1 heterocycles. The predicted molar refractivity (Wildman–Crippen MR) is 130 cm³/mol. The molecule has 178 valence electrons.